The van der Waals surface area contributed by atoms with Crippen LogP contribution >= 0.6 is 24.2 Å². The maximum absolute atomic E-state index is 12.5. The Hall–Kier alpha value is -1.49. The Morgan fingerprint density at radius 3 is 2.71 bits per heavy atom. The molecule has 3 nitrogen and oxygen atoms in total. The maximum Gasteiger partial charge on any atom is 0.252 e. The van der Waals surface area contributed by atoms with Gasteiger partial charge in [0.05, 0.1) is 5.56 Å². The first-order chi connectivity index (χ1) is 11.1. The molecule has 1 aliphatic rings. The van der Waals surface area contributed by atoms with Crippen molar-refractivity contribution in [2.24, 2.45) is 0 Å². The highest BCUT2D eigenvalue weighted by Crippen LogP contribution is 2.26. The second-order valence-electron chi connectivity index (χ2n) is 6.05. The Balaban J connectivity index is 0.00000208. The zero-order valence-electron chi connectivity index (χ0n) is 14.0. The highest BCUT2D eigenvalue weighted by molar-refractivity contribution is 8.00. The SMILES string of the molecule is CC(C)Sc1ccccc1C(=O)NCc1ccc2c(c1)CNC2.Cl. The standard InChI is InChI=1S/C19H22N2OS.ClH/c1-13(2)23-18-6-4-3-5-17(18)19(22)21-10-14-7-8-15-11-20-12-16(15)9-14;/h3-9,13,20H,10-12H2,1-2H3,(H,21,22);1H. The first kappa shape index (κ1) is 18.8. The average molecular weight is 363 g/mol. The van der Waals surface area contributed by atoms with E-state index < -0.39 is 0 Å². The van der Waals surface area contributed by atoms with Crippen molar-refractivity contribution in [2.45, 2.75) is 43.6 Å². The fraction of sp³-hybridized carbons (Fsp3) is 0.316. The summed E-state index contributed by atoms with van der Waals surface area (Å²) >= 11 is 1.72. The molecule has 0 saturated heterocycles. The van der Waals surface area contributed by atoms with Crippen molar-refractivity contribution in [2.75, 3.05) is 0 Å². The fourth-order valence-electron chi connectivity index (χ4n) is 2.75. The van der Waals surface area contributed by atoms with E-state index >= 15 is 0 Å². The van der Waals surface area contributed by atoms with Crippen molar-refractivity contribution < 1.29 is 4.79 Å². The topological polar surface area (TPSA) is 41.1 Å². The van der Waals surface area contributed by atoms with Gasteiger partial charge in [0.15, 0.2) is 0 Å². The molecule has 0 saturated carbocycles. The number of benzene rings is 2. The van der Waals surface area contributed by atoms with Gasteiger partial charge in [-0.15, -0.1) is 24.2 Å². The zero-order chi connectivity index (χ0) is 16.2. The van der Waals surface area contributed by atoms with Gasteiger partial charge in [0.1, 0.15) is 0 Å². The summed E-state index contributed by atoms with van der Waals surface area (Å²) in [6, 6.07) is 14.2. The molecule has 2 N–H and O–H groups in total. The van der Waals surface area contributed by atoms with E-state index in [9.17, 15) is 4.79 Å². The molecule has 1 aliphatic heterocycles. The van der Waals surface area contributed by atoms with E-state index in [1.807, 2.05) is 24.3 Å². The maximum atomic E-state index is 12.5. The summed E-state index contributed by atoms with van der Waals surface area (Å²) in [4.78, 5) is 13.6. The van der Waals surface area contributed by atoms with E-state index in [0.29, 0.717) is 11.8 Å². The molecule has 128 valence electrons. The Morgan fingerprint density at radius 2 is 1.92 bits per heavy atom. The minimum Gasteiger partial charge on any atom is -0.348 e. The number of halogens is 1. The number of fused-ring (bicyclic) bond motifs is 1. The summed E-state index contributed by atoms with van der Waals surface area (Å²) in [6.45, 7) is 6.70. The van der Waals surface area contributed by atoms with E-state index in [-0.39, 0.29) is 18.3 Å². The predicted molar refractivity (Wildman–Crippen MR) is 103 cm³/mol. The molecule has 3 rings (SSSR count). The molecule has 0 bridgehead atoms. The minimum absolute atomic E-state index is 0. The van der Waals surface area contributed by atoms with Crippen molar-refractivity contribution in [3.8, 4) is 0 Å². The average Bonchev–Trinajstić information content (AvgIpc) is 3.00. The number of carbonyl (C=O) groups excluding carboxylic acids is 1. The van der Waals surface area contributed by atoms with Gasteiger partial charge in [0.2, 0.25) is 0 Å². The van der Waals surface area contributed by atoms with Crippen LogP contribution in [0.3, 0.4) is 0 Å². The lowest BCUT2D eigenvalue weighted by atomic mass is 10.1. The van der Waals surface area contributed by atoms with Crippen LogP contribution in [0.5, 0.6) is 0 Å². The van der Waals surface area contributed by atoms with Crippen molar-refractivity contribution >= 4 is 30.1 Å². The van der Waals surface area contributed by atoms with Crippen molar-refractivity contribution in [1.29, 1.82) is 0 Å². The highest BCUT2D eigenvalue weighted by Gasteiger charge is 2.13. The first-order valence-corrected chi connectivity index (χ1v) is 8.87. The molecule has 0 aromatic heterocycles. The van der Waals surface area contributed by atoms with Crippen LogP contribution < -0.4 is 10.6 Å². The number of amides is 1. The Kier molecular flexibility index (Phi) is 6.72. The summed E-state index contributed by atoms with van der Waals surface area (Å²) in [5.74, 6) is -0.00706. The summed E-state index contributed by atoms with van der Waals surface area (Å²) in [7, 11) is 0. The number of hydrogen-bond donors (Lipinski definition) is 2. The van der Waals surface area contributed by atoms with Gasteiger partial charge in [0.25, 0.3) is 5.91 Å². The van der Waals surface area contributed by atoms with Gasteiger partial charge in [-0.3, -0.25) is 4.79 Å². The van der Waals surface area contributed by atoms with Gasteiger partial charge in [0, 0.05) is 29.8 Å². The van der Waals surface area contributed by atoms with Crippen LogP contribution in [0.15, 0.2) is 47.4 Å². The van der Waals surface area contributed by atoms with E-state index in [1.165, 1.54) is 11.1 Å². The molecule has 1 amide bonds. The molecule has 0 radical (unpaired) electrons. The predicted octanol–water partition coefficient (Wildman–Crippen LogP) is 4.14. The second-order valence-corrected chi connectivity index (χ2v) is 7.67. The van der Waals surface area contributed by atoms with Gasteiger partial charge in [-0.1, -0.05) is 44.2 Å². The largest absolute Gasteiger partial charge is 0.348 e. The molecule has 1 heterocycles. The van der Waals surface area contributed by atoms with Crippen molar-refractivity contribution in [3.63, 3.8) is 0 Å². The van der Waals surface area contributed by atoms with Gasteiger partial charge in [-0.25, -0.2) is 0 Å². The van der Waals surface area contributed by atoms with Crippen LogP contribution in [0, 0.1) is 0 Å². The zero-order valence-corrected chi connectivity index (χ0v) is 15.6. The number of nitrogens with one attached hydrogen (secondary N) is 2. The van der Waals surface area contributed by atoms with Crippen molar-refractivity contribution in [3.05, 3.63) is 64.7 Å². The van der Waals surface area contributed by atoms with Crippen LogP contribution in [0.25, 0.3) is 0 Å². The lowest BCUT2D eigenvalue weighted by Crippen LogP contribution is -2.23. The Morgan fingerprint density at radius 1 is 1.17 bits per heavy atom. The van der Waals surface area contributed by atoms with Crippen LogP contribution in [0.2, 0.25) is 0 Å². The first-order valence-electron chi connectivity index (χ1n) is 7.99. The van der Waals surface area contributed by atoms with Crippen molar-refractivity contribution in [1.82, 2.24) is 10.6 Å². The summed E-state index contributed by atoms with van der Waals surface area (Å²) in [6.07, 6.45) is 0. The van der Waals surface area contributed by atoms with Gasteiger partial charge < -0.3 is 10.6 Å². The highest BCUT2D eigenvalue weighted by atomic mass is 35.5. The van der Waals surface area contributed by atoms with Gasteiger partial charge in [-0.05, 0) is 28.8 Å². The Bertz CT molecular complexity index is 718. The number of carbonyl (C=O) groups is 1. The third-order valence-electron chi connectivity index (χ3n) is 3.85. The van der Waals surface area contributed by atoms with E-state index in [0.717, 1.165) is 29.1 Å². The van der Waals surface area contributed by atoms with Crippen LogP contribution in [-0.2, 0) is 19.6 Å². The van der Waals surface area contributed by atoms with E-state index in [4.69, 9.17) is 0 Å². The summed E-state index contributed by atoms with van der Waals surface area (Å²) < 4.78 is 0. The minimum atomic E-state index is -0.00706. The summed E-state index contributed by atoms with van der Waals surface area (Å²) in [5.41, 5.74) is 4.61. The molecule has 24 heavy (non-hydrogen) atoms. The second kappa shape index (κ2) is 8.56. The van der Waals surface area contributed by atoms with E-state index in [2.05, 4.69) is 42.7 Å². The number of hydrogen-bond acceptors (Lipinski definition) is 3. The van der Waals surface area contributed by atoms with Crippen LogP contribution in [0.1, 0.15) is 40.9 Å². The quantitative estimate of drug-likeness (QED) is 0.785. The Labute approximate surface area is 154 Å². The molecule has 0 fully saturated rings. The molecule has 0 atom stereocenters. The molecule has 2 aromatic carbocycles. The third-order valence-corrected chi connectivity index (χ3v) is 4.93. The number of thioether (sulfide) groups is 1. The fourth-order valence-corrected chi connectivity index (χ4v) is 3.70. The molecule has 0 unspecified atom stereocenters. The lowest BCUT2D eigenvalue weighted by Gasteiger charge is -2.12. The van der Waals surface area contributed by atoms with Crippen LogP contribution in [-0.4, -0.2) is 11.2 Å². The lowest BCUT2D eigenvalue weighted by molar-refractivity contribution is 0.0948. The summed E-state index contributed by atoms with van der Waals surface area (Å²) in [5, 5.41) is 6.84. The number of rotatable bonds is 5. The normalized spacial score (nSPS) is 12.6. The smallest absolute Gasteiger partial charge is 0.252 e. The molecular weight excluding hydrogens is 340 g/mol. The molecule has 0 aliphatic carbocycles. The van der Waals surface area contributed by atoms with Gasteiger partial charge >= 0.3 is 0 Å². The molecule has 5 heteroatoms. The molecule has 0 spiro atoms. The van der Waals surface area contributed by atoms with Crippen LogP contribution in [0.4, 0.5) is 0 Å². The third kappa shape index (κ3) is 4.53. The van der Waals surface area contributed by atoms with E-state index in [1.54, 1.807) is 11.8 Å². The molecular formula is C19H23ClN2OS. The molecule has 2 aromatic rings. The monoisotopic (exact) mass is 362 g/mol. The van der Waals surface area contributed by atoms with Gasteiger partial charge in [-0.2, -0.15) is 0 Å².